The fourth-order valence-electron chi connectivity index (χ4n) is 1.72. The molecular weight excluding hydrogens is 252 g/mol. The number of hydrogen-bond acceptors (Lipinski definition) is 3. The minimum atomic E-state index is -0.396. The van der Waals surface area contributed by atoms with E-state index < -0.39 is 5.97 Å². The highest BCUT2D eigenvalue weighted by molar-refractivity contribution is 6.32. The molecular formula is C14H19ClO3. The van der Waals surface area contributed by atoms with Gasteiger partial charge in [-0.2, -0.15) is 0 Å². The highest BCUT2D eigenvalue weighted by Gasteiger charge is 2.21. The summed E-state index contributed by atoms with van der Waals surface area (Å²) >= 11 is 6.17. The zero-order valence-electron chi connectivity index (χ0n) is 11.5. The van der Waals surface area contributed by atoms with Crippen LogP contribution in [0, 0.1) is 13.8 Å². The molecule has 100 valence electrons. The Kier molecular flexibility index (Phi) is 5.03. The maximum Gasteiger partial charge on any atom is 0.342 e. The first-order chi connectivity index (χ1) is 8.38. The first kappa shape index (κ1) is 14.8. The second-order valence-corrected chi connectivity index (χ2v) is 4.77. The normalized spacial score (nSPS) is 10.6. The fraction of sp³-hybridized carbons (Fsp3) is 0.500. The molecule has 0 amide bonds. The van der Waals surface area contributed by atoms with E-state index >= 15 is 0 Å². The van der Waals surface area contributed by atoms with E-state index in [-0.39, 0.29) is 6.10 Å². The highest BCUT2D eigenvalue weighted by atomic mass is 35.5. The Bertz CT molecular complexity index is 453. The summed E-state index contributed by atoms with van der Waals surface area (Å²) in [6.45, 7) is 9.66. The van der Waals surface area contributed by atoms with E-state index in [9.17, 15) is 4.79 Å². The third-order valence-electron chi connectivity index (χ3n) is 2.49. The van der Waals surface area contributed by atoms with Gasteiger partial charge in [-0.25, -0.2) is 4.79 Å². The van der Waals surface area contributed by atoms with Crippen LogP contribution in [0.15, 0.2) is 6.07 Å². The lowest BCUT2D eigenvalue weighted by Gasteiger charge is -2.16. The second-order valence-electron chi connectivity index (χ2n) is 4.39. The molecule has 0 unspecified atom stereocenters. The standard InChI is InChI=1S/C14H19ClO3/c1-6-17-11-7-9(4)13(15)10(5)12(11)14(16)18-8(2)3/h7-8H,6H2,1-5H3. The lowest BCUT2D eigenvalue weighted by atomic mass is 10.0. The molecule has 3 nitrogen and oxygen atoms in total. The molecule has 18 heavy (non-hydrogen) atoms. The van der Waals surface area contributed by atoms with Gasteiger partial charge in [0.15, 0.2) is 0 Å². The predicted molar refractivity (Wildman–Crippen MR) is 72.6 cm³/mol. The topological polar surface area (TPSA) is 35.5 Å². The van der Waals surface area contributed by atoms with Crippen LogP contribution in [0.3, 0.4) is 0 Å². The van der Waals surface area contributed by atoms with E-state index in [4.69, 9.17) is 21.1 Å². The average Bonchev–Trinajstić information content (AvgIpc) is 2.25. The Morgan fingerprint density at radius 1 is 1.39 bits per heavy atom. The molecule has 0 aliphatic rings. The van der Waals surface area contributed by atoms with Crippen LogP contribution in [0.1, 0.15) is 42.3 Å². The lowest BCUT2D eigenvalue weighted by Crippen LogP contribution is -2.15. The van der Waals surface area contributed by atoms with Crippen LogP contribution in [0.4, 0.5) is 0 Å². The van der Waals surface area contributed by atoms with Crippen molar-refractivity contribution in [1.29, 1.82) is 0 Å². The molecule has 1 rings (SSSR count). The summed E-state index contributed by atoms with van der Waals surface area (Å²) in [5.74, 6) is 0.135. The summed E-state index contributed by atoms with van der Waals surface area (Å²) in [6.07, 6.45) is -0.175. The molecule has 0 aliphatic carbocycles. The van der Waals surface area contributed by atoms with Crippen LogP contribution in [0.2, 0.25) is 5.02 Å². The zero-order chi connectivity index (χ0) is 13.9. The van der Waals surface area contributed by atoms with Crippen molar-refractivity contribution in [2.75, 3.05) is 6.61 Å². The van der Waals surface area contributed by atoms with Crippen LogP contribution >= 0.6 is 11.6 Å². The molecule has 0 heterocycles. The number of ether oxygens (including phenoxy) is 2. The largest absolute Gasteiger partial charge is 0.493 e. The average molecular weight is 271 g/mol. The van der Waals surface area contributed by atoms with Crippen molar-refractivity contribution in [2.24, 2.45) is 0 Å². The Balaban J connectivity index is 3.30. The third-order valence-corrected chi connectivity index (χ3v) is 3.07. The number of benzene rings is 1. The van der Waals surface area contributed by atoms with Crippen LogP contribution in [-0.4, -0.2) is 18.7 Å². The number of carbonyl (C=O) groups excluding carboxylic acids is 1. The van der Waals surface area contributed by atoms with Crippen LogP contribution in [0.25, 0.3) is 0 Å². The van der Waals surface area contributed by atoms with Crippen molar-refractivity contribution in [3.8, 4) is 5.75 Å². The van der Waals surface area contributed by atoms with E-state index in [1.807, 2.05) is 27.7 Å². The monoisotopic (exact) mass is 270 g/mol. The maximum atomic E-state index is 12.1. The molecule has 1 aromatic rings. The van der Waals surface area contributed by atoms with Gasteiger partial charge in [0.1, 0.15) is 11.3 Å². The van der Waals surface area contributed by atoms with Crippen molar-refractivity contribution in [3.63, 3.8) is 0 Å². The van der Waals surface area contributed by atoms with E-state index in [1.165, 1.54) is 0 Å². The lowest BCUT2D eigenvalue weighted by molar-refractivity contribution is 0.0373. The Morgan fingerprint density at radius 3 is 2.50 bits per heavy atom. The number of hydrogen-bond donors (Lipinski definition) is 0. The predicted octanol–water partition coefficient (Wildman–Crippen LogP) is 3.92. The van der Waals surface area contributed by atoms with Crippen molar-refractivity contribution in [3.05, 3.63) is 27.8 Å². The van der Waals surface area contributed by atoms with Gasteiger partial charge in [-0.15, -0.1) is 0 Å². The van der Waals surface area contributed by atoms with Crippen LogP contribution in [-0.2, 0) is 4.74 Å². The first-order valence-electron chi connectivity index (χ1n) is 6.01. The van der Waals surface area contributed by atoms with Gasteiger partial charge in [0.25, 0.3) is 0 Å². The van der Waals surface area contributed by atoms with Gasteiger partial charge < -0.3 is 9.47 Å². The molecule has 0 spiro atoms. The summed E-state index contributed by atoms with van der Waals surface area (Å²) in [5, 5.41) is 0.578. The van der Waals surface area contributed by atoms with Gasteiger partial charge in [0.05, 0.1) is 12.7 Å². The summed E-state index contributed by atoms with van der Waals surface area (Å²) < 4.78 is 10.7. The fourth-order valence-corrected chi connectivity index (χ4v) is 1.87. The van der Waals surface area contributed by atoms with Gasteiger partial charge in [0.2, 0.25) is 0 Å². The molecule has 0 fully saturated rings. The summed E-state index contributed by atoms with van der Waals surface area (Å²) in [6, 6.07) is 1.77. The molecule has 0 atom stereocenters. The molecule has 0 N–H and O–H groups in total. The van der Waals surface area contributed by atoms with Crippen molar-refractivity contribution in [2.45, 2.75) is 40.7 Å². The number of esters is 1. The van der Waals surface area contributed by atoms with E-state index in [1.54, 1.807) is 13.0 Å². The Labute approximate surface area is 113 Å². The van der Waals surface area contributed by atoms with Crippen LogP contribution < -0.4 is 4.74 Å². The molecule has 0 saturated heterocycles. The van der Waals surface area contributed by atoms with Gasteiger partial charge in [-0.05, 0) is 51.8 Å². The molecule has 0 radical (unpaired) electrons. The van der Waals surface area contributed by atoms with E-state index in [0.717, 1.165) is 5.56 Å². The minimum Gasteiger partial charge on any atom is -0.493 e. The SMILES string of the molecule is CCOc1cc(C)c(Cl)c(C)c1C(=O)OC(C)C. The van der Waals surface area contributed by atoms with Crippen molar-refractivity contribution >= 4 is 17.6 Å². The zero-order valence-corrected chi connectivity index (χ0v) is 12.2. The van der Waals surface area contributed by atoms with Gasteiger partial charge in [-0.1, -0.05) is 11.6 Å². The number of aryl methyl sites for hydroxylation is 1. The van der Waals surface area contributed by atoms with E-state index in [2.05, 4.69) is 0 Å². The molecule has 0 saturated carbocycles. The van der Waals surface area contributed by atoms with Gasteiger partial charge in [0, 0.05) is 5.02 Å². The number of rotatable bonds is 4. The smallest absolute Gasteiger partial charge is 0.342 e. The third kappa shape index (κ3) is 3.16. The molecule has 0 bridgehead atoms. The highest BCUT2D eigenvalue weighted by Crippen LogP contribution is 2.32. The minimum absolute atomic E-state index is 0.175. The first-order valence-corrected chi connectivity index (χ1v) is 6.39. The quantitative estimate of drug-likeness (QED) is 0.778. The van der Waals surface area contributed by atoms with Gasteiger partial charge >= 0.3 is 5.97 Å². The molecule has 0 aromatic heterocycles. The van der Waals surface area contributed by atoms with Crippen LogP contribution in [0.5, 0.6) is 5.75 Å². The van der Waals surface area contributed by atoms with E-state index in [0.29, 0.717) is 28.5 Å². The maximum absolute atomic E-state index is 12.1. The number of halogens is 1. The molecule has 4 heteroatoms. The Hall–Kier alpha value is -1.22. The summed E-state index contributed by atoms with van der Waals surface area (Å²) in [4.78, 5) is 12.1. The second kappa shape index (κ2) is 6.10. The Morgan fingerprint density at radius 2 is 2.00 bits per heavy atom. The number of carbonyl (C=O) groups is 1. The molecule has 1 aromatic carbocycles. The van der Waals surface area contributed by atoms with Gasteiger partial charge in [-0.3, -0.25) is 0 Å². The van der Waals surface area contributed by atoms with Crippen molar-refractivity contribution < 1.29 is 14.3 Å². The molecule has 0 aliphatic heterocycles. The summed E-state index contributed by atoms with van der Waals surface area (Å²) in [5.41, 5.74) is 2.01. The van der Waals surface area contributed by atoms with Crippen molar-refractivity contribution in [1.82, 2.24) is 0 Å². The summed E-state index contributed by atoms with van der Waals surface area (Å²) in [7, 11) is 0.